The van der Waals surface area contributed by atoms with Crippen LogP contribution in [-0.2, 0) is 15.0 Å². The fourth-order valence-electron chi connectivity index (χ4n) is 2.82. The van der Waals surface area contributed by atoms with Crippen molar-refractivity contribution in [3.63, 3.8) is 0 Å². The predicted molar refractivity (Wildman–Crippen MR) is 89.2 cm³/mol. The Morgan fingerprint density at radius 2 is 2.00 bits per heavy atom. The Labute approximate surface area is 135 Å². The monoisotopic (exact) mass is 321 g/mol. The number of hydrogen-bond donors (Lipinski definition) is 1. The summed E-state index contributed by atoms with van der Waals surface area (Å²) in [5, 5.41) is 9.03. The average Bonchev–Trinajstić information content (AvgIpc) is 2.47. The molecule has 22 heavy (non-hydrogen) atoms. The number of carbonyl (C=O) groups excluding carboxylic acids is 1. The van der Waals surface area contributed by atoms with Crippen LogP contribution in [0.4, 0.5) is 0 Å². The second-order valence-corrected chi connectivity index (χ2v) is 7.49. The fraction of sp³-hybridized carbons (Fsp3) is 0.529. The van der Waals surface area contributed by atoms with E-state index in [2.05, 4.69) is 13.8 Å². The van der Waals surface area contributed by atoms with Gasteiger partial charge in [0.25, 0.3) is 0 Å². The molecule has 0 aromatic heterocycles. The highest BCUT2D eigenvalue weighted by molar-refractivity contribution is 7.99. The van der Waals surface area contributed by atoms with Gasteiger partial charge in [-0.25, -0.2) is 0 Å². The van der Waals surface area contributed by atoms with Crippen molar-refractivity contribution in [3.05, 3.63) is 35.9 Å². The van der Waals surface area contributed by atoms with Crippen molar-refractivity contribution in [1.82, 2.24) is 4.90 Å². The van der Waals surface area contributed by atoms with Crippen LogP contribution in [0, 0.1) is 0 Å². The summed E-state index contributed by atoms with van der Waals surface area (Å²) in [6, 6.07) is 9.81. The van der Waals surface area contributed by atoms with E-state index < -0.39 is 5.97 Å². The minimum Gasteiger partial charge on any atom is -0.481 e. The zero-order chi connectivity index (χ0) is 16.2. The summed E-state index contributed by atoms with van der Waals surface area (Å²) in [7, 11) is 0. The Morgan fingerprint density at radius 1 is 1.32 bits per heavy atom. The van der Waals surface area contributed by atoms with Gasteiger partial charge in [0.1, 0.15) is 0 Å². The van der Waals surface area contributed by atoms with Crippen LogP contribution in [0.25, 0.3) is 0 Å². The third-order valence-electron chi connectivity index (χ3n) is 4.11. The predicted octanol–water partition coefficient (Wildman–Crippen LogP) is 2.77. The summed E-state index contributed by atoms with van der Waals surface area (Å²) in [4.78, 5) is 25.5. The number of rotatable bonds is 5. The second kappa shape index (κ2) is 7.18. The molecular formula is C17H23NO3S. The van der Waals surface area contributed by atoms with Crippen LogP contribution >= 0.6 is 11.8 Å². The molecule has 0 bridgehead atoms. The van der Waals surface area contributed by atoms with E-state index in [1.807, 2.05) is 30.3 Å². The Kier molecular flexibility index (Phi) is 5.51. The molecule has 0 aliphatic carbocycles. The number of hydrogen-bond acceptors (Lipinski definition) is 3. The molecule has 1 aliphatic heterocycles. The van der Waals surface area contributed by atoms with E-state index >= 15 is 0 Å². The van der Waals surface area contributed by atoms with E-state index in [0.29, 0.717) is 18.7 Å². The average molecular weight is 321 g/mol. The summed E-state index contributed by atoms with van der Waals surface area (Å²) >= 11 is 1.72. The molecule has 5 heteroatoms. The minimum atomic E-state index is -0.840. The summed E-state index contributed by atoms with van der Waals surface area (Å²) < 4.78 is 0. The van der Waals surface area contributed by atoms with Gasteiger partial charge in [-0.05, 0) is 11.0 Å². The van der Waals surface area contributed by atoms with Crippen LogP contribution in [-0.4, -0.2) is 46.0 Å². The van der Waals surface area contributed by atoms with E-state index in [-0.39, 0.29) is 23.8 Å². The molecule has 1 aromatic carbocycles. The van der Waals surface area contributed by atoms with Crippen molar-refractivity contribution in [3.8, 4) is 0 Å². The standard InChI is InChI=1S/C17H23NO3S/c1-17(2,13-6-4-3-5-7-13)11-15(19)18-8-9-22-12-14(18)10-16(20)21/h3-7,14H,8-12H2,1-2H3,(H,20,21). The van der Waals surface area contributed by atoms with Crippen LogP contribution in [0.15, 0.2) is 30.3 Å². The van der Waals surface area contributed by atoms with Gasteiger partial charge in [0.2, 0.25) is 5.91 Å². The van der Waals surface area contributed by atoms with Gasteiger partial charge >= 0.3 is 5.97 Å². The molecule has 0 spiro atoms. The Bertz CT molecular complexity index is 530. The molecule has 1 aromatic rings. The summed E-state index contributed by atoms with van der Waals surface area (Å²) in [5.41, 5.74) is 0.876. The van der Waals surface area contributed by atoms with Crippen LogP contribution < -0.4 is 0 Å². The van der Waals surface area contributed by atoms with Crippen LogP contribution in [0.5, 0.6) is 0 Å². The highest BCUT2D eigenvalue weighted by Crippen LogP contribution is 2.29. The molecule has 1 saturated heterocycles. The Balaban J connectivity index is 2.07. The normalized spacial score (nSPS) is 19.0. The largest absolute Gasteiger partial charge is 0.481 e. The SMILES string of the molecule is CC(C)(CC(=O)N1CCSCC1CC(=O)O)c1ccccc1. The number of benzene rings is 1. The first-order valence-corrected chi connectivity index (χ1v) is 8.70. The number of thioether (sulfide) groups is 1. The van der Waals surface area contributed by atoms with Gasteiger partial charge in [-0.1, -0.05) is 44.2 Å². The van der Waals surface area contributed by atoms with Crippen molar-refractivity contribution in [1.29, 1.82) is 0 Å². The van der Waals surface area contributed by atoms with Crippen LogP contribution in [0.1, 0.15) is 32.3 Å². The first-order chi connectivity index (χ1) is 10.4. The van der Waals surface area contributed by atoms with E-state index in [1.54, 1.807) is 16.7 Å². The summed E-state index contributed by atoms with van der Waals surface area (Å²) in [5.74, 6) is 0.810. The molecule has 1 aliphatic rings. The number of amides is 1. The third-order valence-corrected chi connectivity index (χ3v) is 5.20. The van der Waals surface area contributed by atoms with Gasteiger partial charge in [-0.2, -0.15) is 11.8 Å². The van der Waals surface area contributed by atoms with E-state index in [1.165, 1.54) is 0 Å². The lowest BCUT2D eigenvalue weighted by Crippen LogP contribution is -2.48. The van der Waals surface area contributed by atoms with E-state index in [0.717, 1.165) is 11.3 Å². The maximum Gasteiger partial charge on any atom is 0.305 e. The van der Waals surface area contributed by atoms with Crippen molar-refractivity contribution >= 4 is 23.6 Å². The summed E-state index contributed by atoms with van der Waals surface area (Å²) in [6.45, 7) is 4.77. The lowest BCUT2D eigenvalue weighted by molar-refractivity contribution is -0.140. The maximum atomic E-state index is 12.7. The molecule has 1 fully saturated rings. The van der Waals surface area contributed by atoms with E-state index in [9.17, 15) is 9.59 Å². The quantitative estimate of drug-likeness (QED) is 0.906. The minimum absolute atomic E-state index is 0.0322. The highest BCUT2D eigenvalue weighted by Gasteiger charge is 2.32. The molecule has 4 nitrogen and oxygen atoms in total. The molecule has 1 amide bonds. The summed E-state index contributed by atoms with van der Waals surface area (Å²) in [6.07, 6.45) is 0.433. The molecule has 0 saturated carbocycles. The van der Waals surface area contributed by atoms with Gasteiger partial charge in [-0.3, -0.25) is 9.59 Å². The number of carboxylic acid groups (broad SMARTS) is 1. The van der Waals surface area contributed by atoms with E-state index in [4.69, 9.17) is 5.11 Å². The number of carboxylic acids is 1. The zero-order valence-electron chi connectivity index (χ0n) is 13.1. The first kappa shape index (κ1) is 16.9. The van der Waals surface area contributed by atoms with Gasteiger partial charge in [0.15, 0.2) is 0 Å². The second-order valence-electron chi connectivity index (χ2n) is 6.34. The smallest absolute Gasteiger partial charge is 0.305 e. The molecule has 0 radical (unpaired) electrons. The number of carbonyl (C=O) groups is 2. The van der Waals surface area contributed by atoms with Crippen molar-refractivity contribution in [2.75, 3.05) is 18.1 Å². The molecule has 1 unspecified atom stereocenters. The zero-order valence-corrected chi connectivity index (χ0v) is 13.9. The van der Waals surface area contributed by atoms with Crippen molar-refractivity contribution in [2.45, 2.75) is 38.1 Å². The van der Waals surface area contributed by atoms with Crippen LogP contribution in [0.3, 0.4) is 0 Å². The van der Waals surface area contributed by atoms with Crippen LogP contribution in [0.2, 0.25) is 0 Å². The van der Waals surface area contributed by atoms with Gasteiger partial charge in [0, 0.05) is 24.5 Å². The molecule has 120 valence electrons. The number of nitrogens with zero attached hydrogens (tertiary/aromatic N) is 1. The Morgan fingerprint density at radius 3 is 2.64 bits per heavy atom. The van der Waals surface area contributed by atoms with Gasteiger partial charge in [0.05, 0.1) is 12.5 Å². The lowest BCUT2D eigenvalue weighted by Gasteiger charge is -2.37. The molecule has 2 rings (SSSR count). The first-order valence-electron chi connectivity index (χ1n) is 7.55. The third kappa shape index (κ3) is 4.26. The molecular weight excluding hydrogens is 298 g/mol. The molecule has 1 heterocycles. The molecule has 1 atom stereocenters. The van der Waals surface area contributed by atoms with Gasteiger partial charge < -0.3 is 10.0 Å². The lowest BCUT2D eigenvalue weighted by atomic mass is 9.81. The maximum absolute atomic E-state index is 12.7. The van der Waals surface area contributed by atoms with Crippen molar-refractivity contribution < 1.29 is 14.7 Å². The topological polar surface area (TPSA) is 57.6 Å². The Hall–Kier alpha value is -1.49. The number of aliphatic carboxylic acids is 1. The molecule has 1 N–H and O–H groups in total. The van der Waals surface area contributed by atoms with Gasteiger partial charge in [-0.15, -0.1) is 0 Å². The fourth-order valence-corrected chi connectivity index (χ4v) is 3.89. The van der Waals surface area contributed by atoms with Crippen molar-refractivity contribution in [2.24, 2.45) is 0 Å². The highest BCUT2D eigenvalue weighted by atomic mass is 32.2.